The summed E-state index contributed by atoms with van der Waals surface area (Å²) in [5, 5.41) is 3.47. The Labute approximate surface area is 109 Å². The van der Waals surface area contributed by atoms with Crippen molar-refractivity contribution in [3.8, 4) is 0 Å². The molecule has 2 saturated heterocycles. The third-order valence-corrected chi connectivity index (χ3v) is 4.12. The molecular formula is C14H23N3O. The highest BCUT2D eigenvalue weighted by Crippen LogP contribution is 2.28. The highest BCUT2D eigenvalue weighted by Gasteiger charge is 2.36. The van der Waals surface area contributed by atoms with Gasteiger partial charge in [0.1, 0.15) is 5.76 Å². The van der Waals surface area contributed by atoms with Crippen LogP contribution in [0.15, 0.2) is 10.6 Å². The number of aromatic nitrogens is 1. The molecule has 0 radical (unpaired) electrons. The Balaban J connectivity index is 1.62. The summed E-state index contributed by atoms with van der Waals surface area (Å²) in [6.07, 6.45) is 1.88. The van der Waals surface area contributed by atoms with Gasteiger partial charge in [0.25, 0.3) is 0 Å². The van der Waals surface area contributed by atoms with Crippen molar-refractivity contribution in [1.82, 2.24) is 15.2 Å². The standard InChI is InChI=1S/C14H23N3O/c1-14(2,3)12-6-16-13(18-12)9-17-7-10-4-15-5-11(10)8-17/h6,10-11,15H,4-5,7-9H2,1-3H3/t10-,11+. The molecule has 3 rings (SSSR count). The van der Waals surface area contributed by atoms with Crippen molar-refractivity contribution in [1.29, 1.82) is 0 Å². The van der Waals surface area contributed by atoms with Crippen LogP contribution in [-0.4, -0.2) is 36.1 Å². The van der Waals surface area contributed by atoms with Crippen LogP contribution in [0.1, 0.15) is 32.4 Å². The van der Waals surface area contributed by atoms with Crippen LogP contribution in [-0.2, 0) is 12.0 Å². The first-order chi connectivity index (χ1) is 8.52. The van der Waals surface area contributed by atoms with Crippen molar-refractivity contribution in [2.45, 2.75) is 32.7 Å². The van der Waals surface area contributed by atoms with Crippen LogP contribution < -0.4 is 5.32 Å². The van der Waals surface area contributed by atoms with E-state index in [1.54, 1.807) is 0 Å². The minimum Gasteiger partial charge on any atom is -0.444 e. The number of oxazole rings is 1. The lowest BCUT2D eigenvalue weighted by molar-refractivity contribution is 0.261. The van der Waals surface area contributed by atoms with Crippen LogP contribution in [0.25, 0.3) is 0 Å². The third-order valence-electron chi connectivity index (χ3n) is 4.12. The maximum atomic E-state index is 5.86. The van der Waals surface area contributed by atoms with Crippen molar-refractivity contribution < 1.29 is 4.42 Å². The van der Waals surface area contributed by atoms with E-state index in [0.29, 0.717) is 0 Å². The molecule has 2 fully saturated rings. The molecule has 0 unspecified atom stereocenters. The highest BCUT2D eigenvalue weighted by molar-refractivity contribution is 5.06. The normalized spacial score (nSPS) is 28.8. The number of likely N-dealkylation sites (tertiary alicyclic amines) is 1. The maximum absolute atomic E-state index is 5.86. The van der Waals surface area contributed by atoms with Gasteiger partial charge >= 0.3 is 0 Å². The van der Waals surface area contributed by atoms with Crippen LogP contribution in [0.4, 0.5) is 0 Å². The molecule has 18 heavy (non-hydrogen) atoms. The predicted octanol–water partition coefficient (Wildman–Crippen LogP) is 1.62. The molecule has 2 aliphatic heterocycles. The fraction of sp³-hybridized carbons (Fsp3) is 0.786. The SMILES string of the molecule is CC(C)(C)c1cnc(CN2C[C@H]3CNC[C@H]3C2)o1. The maximum Gasteiger partial charge on any atom is 0.208 e. The van der Waals surface area contributed by atoms with Crippen molar-refractivity contribution in [3.63, 3.8) is 0 Å². The van der Waals surface area contributed by atoms with E-state index in [1.165, 1.54) is 26.2 Å². The smallest absolute Gasteiger partial charge is 0.208 e. The second-order valence-electron chi connectivity index (χ2n) is 6.74. The Morgan fingerprint density at radius 3 is 2.56 bits per heavy atom. The lowest BCUT2D eigenvalue weighted by Gasteiger charge is -2.15. The van der Waals surface area contributed by atoms with E-state index < -0.39 is 0 Å². The molecule has 1 aromatic heterocycles. The number of rotatable bonds is 2. The molecule has 0 aliphatic carbocycles. The zero-order chi connectivity index (χ0) is 12.8. The Morgan fingerprint density at radius 2 is 2.00 bits per heavy atom. The first kappa shape index (κ1) is 12.2. The van der Waals surface area contributed by atoms with Gasteiger partial charge in [-0.15, -0.1) is 0 Å². The van der Waals surface area contributed by atoms with Crippen LogP contribution in [0, 0.1) is 11.8 Å². The van der Waals surface area contributed by atoms with Gasteiger partial charge in [-0.1, -0.05) is 20.8 Å². The zero-order valence-electron chi connectivity index (χ0n) is 11.6. The molecule has 2 atom stereocenters. The Bertz CT molecular complexity index is 409. The van der Waals surface area contributed by atoms with Crippen molar-refractivity contribution in [3.05, 3.63) is 17.8 Å². The van der Waals surface area contributed by atoms with Crippen LogP contribution in [0.5, 0.6) is 0 Å². The molecule has 100 valence electrons. The molecule has 2 aliphatic rings. The lowest BCUT2D eigenvalue weighted by Crippen LogP contribution is -2.25. The van der Waals surface area contributed by atoms with Gasteiger partial charge in [0.05, 0.1) is 12.7 Å². The Hall–Kier alpha value is -0.870. The van der Waals surface area contributed by atoms with E-state index in [0.717, 1.165) is 30.0 Å². The van der Waals surface area contributed by atoms with E-state index in [1.807, 2.05) is 6.20 Å². The van der Waals surface area contributed by atoms with Gasteiger partial charge in [0.15, 0.2) is 0 Å². The predicted molar refractivity (Wildman–Crippen MR) is 70.3 cm³/mol. The average molecular weight is 249 g/mol. The molecule has 0 amide bonds. The van der Waals surface area contributed by atoms with Gasteiger partial charge in [0, 0.05) is 18.5 Å². The second kappa shape index (κ2) is 4.35. The monoisotopic (exact) mass is 249 g/mol. The largest absolute Gasteiger partial charge is 0.444 e. The summed E-state index contributed by atoms with van der Waals surface area (Å²) in [5.41, 5.74) is 0.0523. The second-order valence-corrected chi connectivity index (χ2v) is 6.74. The first-order valence-corrected chi connectivity index (χ1v) is 6.90. The number of hydrogen-bond donors (Lipinski definition) is 1. The summed E-state index contributed by atoms with van der Waals surface area (Å²) < 4.78 is 5.86. The van der Waals surface area contributed by atoms with Crippen molar-refractivity contribution >= 4 is 0 Å². The fourth-order valence-corrected chi connectivity index (χ4v) is 3.00. The third kappa shape index (κ3) is 2.31. The van der Waals surface area contributed by atoms with E-state index in [2.05, 4.69) is 36.0 Å². The van der Waals surface area contributed by atoms with Gasteiger partial charge < -0.3 is 9.73 Å². The zero-order valence-corrected chi connectivity index (χ0v) is 11.6. The van der Waals surface area contributed by atoms with E-state index >= 15 is 0 Å². The lowest BCUT2D eigenvalue weighted by atomic mass is 9.94. The number of nitrogens with zero attached hydrogens (tertiary/aromatic N) is 2. The van der Waals surface area contributed by atoms with E-state index in [-0.39, 0.29) is 5.41 Å². The Morgan fingerprint density at radius 1 is 1.33 bits per heavy atom. The van der Waals surface area contributed by atoms with Gasteiger partial charge in [-0.3, -0.25) is 4.90 Å². The summed E-state index contributed by atoms with van der Waals surface area (Å²) in [4.78, 5) is 6.90. The van der Waals surface area contributed by atoms with E-state index in [9.17, 15) is 0 Å². The summed E-state index contributed by atoms with van der Waals surface area (Å²) in [5.74, 6) is 3.52. The summed E-state index contributed by atoms with van der Waals surface area (Å²) in [7, 11) is 0. The van der Waals surface area contributed by atoms with Gasteiger partial charge in [-0.05, 0) is 24.9 Å². The van der Waals surface area contributed by atoms with Crippen molar-refractivity contribution in [2.24, 2.45) is 11.8 Å². The molecule has 0 saturated carbocycles. The minimum absolute atomic E-state index is 0.0523. The molecule has 0 aromatic carbocycles. The molecule has 4 nitrogen and oxygen atoms in total. The summed E-state index contributed by atoms with van der Waals surface area (Å²) >= 11 is 0. The molecular weight excluding hydrogens is 226 g/mol. The van der Waals surface area contributed by atoms with E-state index in [4.69, 9.17) is 4.42 Å². The summed E-state index contributed by atoms with van der Waals surface area (Å²) in [6.45, 7) is 12.1. The Kier molecular flexibility index (Phi) is 2.94. The number of fused-ring (bicyclic) bond motifs is 1. The number of nitrogens with one attached hydrogen (secondary N) is 1. The highest BCUT2D eigenvalue weighted by atomic mass is 16.4. The van der Waals surface area contributed by atoms with Gasteiger partial charge in [-0.25, -0.2) is 4.98 Å². The average Bonchev–Trinajstić information content (AvgIpc) is 2.90. The molecule has 1 aromatic rings. The molecule has 0 spiro atoms. The van der Waals surface area contributed by atoms with Gasteiger partial charge in [-0.2, -0.15) is 0 Å². The molecule has 0 bridgehead atoms. The topological polar surface area (TPSA) is 41.3 Å². The molecule has 1 N–H and O–H groups in total. The molecule has 4 heteroatoms. The minimum atomic E-state index is 0.0523. The number of hydrogen-bond acceptors (Lipinski definition) is 4. The van der Waals surface area contributed by atoms with Crippen LogP contribution in [0.2, 0.25) is 0 Å². The van der Waals surface area contributed by atoms with Crippen LogP contribution in [0.3, 0.4) is 0 Å². The van der Waals surface area contributed by atoms with Crippen molar-refractivity contribution in [2.75, 3.05) is 26.2 Å². The first-order valence-electron chi connectivity index (χ1n) is 6.90. The molecule has 3 heterocycles. The fourth-order valence-electron chi connectivity index (χ4n) is 3.00. The van der Waals surface area contributed by atoms with Crippen LogP contribution >= 0.6 is 0 Å². The quantitative estimate of drug-likeness (QED) is 0.865. The summed E-state index contributed by atoms with van der Waals surface area (Å²) in [6, 6.07) is 0. The van der Waals surface area contributed by atoms with Gasteiger partial charge in [0.2, 0.25) is 5.89 Å².